The lowest BCUT2D eigenvalue weighted by molar-refractivity contribution is -0.116. The second kappa shape index (κ2) is 4.58. The van der Waals surface area contributed by atoms with Crippen molar-refractivity contribution < 1.29 is 14.7 Å². The van der Waals surface area contributed by atoms with Crippen molar-refractivity contribution in [3.05, 3.63) is 29.3 Å². The zero-order valence-corrected chi connectivity index (χ0v) is 9.87. The van der Waals surface area contributed by atoms with Gasteiger partial charge >= 0.3 is 5.97 Å². The molecule has 0 aliphatic carbocycles. The van der Waals surface area contributed by atoms with Gasteiger partial charge in [0.1, 0.15) is 0 Å². The molecule has 1 saturated heterocycles. The number of benzene rings is 1. The van der Waals surface area contributed by atoms with E-state index in [1.165, 1.54) is 17.8 Å². The number of carbonyl (C=O) groups is 2. The zero-order valence-electron chi connectivity index (χ0n) is 9.06. The highest BCUT2D eigenvalue weighted by Crippen LogP contribution is 2.22. The number of thioether (sulfide) groups is 1. The predicted molar refractivity (Wildman–Crippen MR) is 65.8 cm³/mol. The van der Waals surface area contributed by atoms with Gasteiger partial charge in [-0.25, -0.2) is 9.79 Å². The number of aliphatic imine (C=N–C) groups is 1. The summed E-state index contributed by atoms with van der Waals surface area (Å²) in [6.07, 6.45) is 0. The maximum atomic E-state index is 11.0. The van der Waals surface area contributed by atoms with Crippen LogP contribution in [0.3, 0.4) is 0 Å². The third-order valence-electron chi connectivity index (χ3n) is 2.25. The molecule has 6 heteroatoms. The summed E-state index contributed by atoms with van der Waals surface area (Å²) in [4.78, 5) is 26.0. The van der Waals surface area contributed by atoms with Crippen LogP contribution in [0.25, 0.3) is 0 Å². The summed E-state index contributed by atoms with van der Waals surface area (Å²) >= 11 is 1.34. The summed E-state index contributed by atoms with van der Waals surface area (Å²) < 4.78 is 0. The third kappa shape index (κ3) is 2.65. The van der Waals surface area contributed by atoms with Crippen molar-refractivity contribution in [3.8, 4) is 0 Å². The molecular weight excluding hydrogens is 240 g/mol. The Labute approximate surface area is 102 Å². The number of hydrogen-bond donors (Lipinski definition) is 2. The van der Waals surface area contributed by atoms with Crippen LogP contribution >= 0.6 is 11.8 Å². The van der Waals surface area contributed by atoms with E-state index >= 15 is 0 Å². The number of carboxylic acid groups (broad SMARTS) is 1. The number of amidine groups is 1. The number of nitrogens with zero attached hydrogens (tertiary/aromatic N) is 1. The molecule has 1 fully saturated rings. The minimum atomic E-state index is -0.962. The van der Waals surface area contributed by atoms with Crippen LogP contribution in [0.4, 0.5) is 5.69 Å². The summed E-state index contributed by atoms with van der Waals surface area (Å²) in [7, 11) is 0. The molecule has 2 rings (SSSR count). The van der Waals surface area contributed by atoms with Crippen LogP contribution in [-0.4, -0.2) is 27.9 Å². The van der Waals surface area contributed by atoms with E-state index in [-0.39, 0.29) is 11.5 Å². The molecule has 1 amide bonds. The topological polar surface area (TPSA) is 78.8 Å². The number of aryl methyl sites for hydroxylation is 1. The Bertz CT molecular complexity index is 525. The summed E-state index contributed by atoms with van der Waals surface area (Å²) in [5, 5.41) is 12.0. The Kier molecular flexibility index (Phi) is 3.14. The minimum Gasteiger partial charge on any atom is -0.478 e. The minimum absolute atomic E-state index is 0.0615. The number of carboxylic acids is 1. The van der Waals surface area contributed by atoms with E-state index in [0.29, 0.717) is 16.6 Å². The van der Waals surface area contributed by atoms with Crippen molar-refractivity contribution in [2.75, 3.05) is 5.75 Å². The highest BCUT2D eigenvalue weighted by Gasteiger charge is 2.16. The first kappa shape index (κ1) is 11.7. The van der Waals surface area contributed by atoms with Gasteiger partial charge in [0.25, 0.3) is 0 Å². The van der Waals surface area contributed by atoms with Gasteiger partial charge < -0.3 is 10.4 Å². The Balaban J connectivity index is 2.28. The van der Waals surface area contributed by atoms with Crippen LogP contribution in [0.2, 0.25) is 0 Å². The van der Waals surface area contributed by atoms with Crippen LogP contribution in [0.15, 0.2) is 23.2 Å². The molecule has 1 aliphatic heterocycles. The van der Waals surface area contributed by atoms with Crippen molar-refractivity contribution in [3.63, 3.8) is 0 Å². The second-order valence-electron chi connectivity index (χ2n) is 3.56. The molecule has 0 radical (unpaired) electrons. The van der Waals surface area contributed by atoms with Crippen LogP contribution in [0.5, 0.6) is 0 Å². The van der Waals surface area contributed by atoms with E-state index in [1.54, 1.807) is 19.1 Å². The summed E-state index contributed by atoms with van der Waals surface area (Å²) in [5.74, 6) is -0.644. The van der Waals surface area contributed by atoms with Gasteiger partial charge in [-0.1, -0.05) is 11.8 Å². The fraction of sp³-hybridized carbons (Fsp3) is 0.182. The van der Waals surface area contributed by atoms with E-state index in [0.717, 1.165) is 5.56 Å². The number of nitrogens with one attached hydrogen (secondary N) is 1. The van der Waals surface area contributed by atoms with E-state index in [1.807, 2.05) is 0 Å². The number of rotatable bonds is 2. The average molecular weight is 250 g/mol. The fourth-order valence-electron chi connectivity index (χ4n) is 1.41. The Morgan fingerprint density at radius 1 is 1.53 bits per heavy atom. The highest BCUT2D eigenvalue weighted by molar-refractivity contribution is 8.15. The lowest BCUT2D eigenvalue weighted by Gasteiger charge is -2.02. The number of carbonyl (C=O) groups excluding carboxylic acids is 1. The standard InChI is InChI=1S/C11H10N2O3S/c1-6-4-7(10(15)16)2-3-8(6)12-11-13-9(14)5-17-11/h2-4H,5H2,1H3,(H,15,16)(H,12,13,14). The first-order valence-electron chi connectivity index (χ1n) is 4.91. The molecule has 0 unspecified atom stereocenters. The highest BCUT2D eigenvalue weighted by atomic mass is 32.2. The number of amides is 1. The molecule has 5 nitrogen and oxygen atoms in total. The van der Waals surface area contributed by atoms with Gasteiger partial charge in [-0.3, -0.25) is 4.79 Å². The van der Waals surface area contributed by atoms with Crippen LogP contribution in [-0.2, 0) is 4.79 Å². The number of aromatic carboxylic acids is 1. The molecule has 0 spiro atoms. The maximum absolute atomic E-state index is 11.0. The molecule has 1 aliphatic rings. The van der Waals surface area contributed by atoms with E-state index in [4.69, 9.17) is 5.11 Å². The van der Waals surface area contributed by atoms with Gasteiger partial charge in [-0.05, 0) is 30.7 Å². The molecule has 2 N–H and O–H groups in total. The van der Waals surface area contributed by atoms with Gasteiger partial charge in [-0.15, -0.1) is 0 Å². The lowest BCUT2D eigenvalue weighted by atomic mass is 10.1. The molecule has 0 atom stereocenters. The molecule has 1 heterocycles. The average Bonchev–Trinajstić information content (AvgIpc) is 2.67. The summed E-state index contributed by atoms with van der Waals surface area (Å²) in [6, 6.07) is 4.69. The lowest BCUT2D eigenvalue weighted by Crippen LogP contribution is -2.19. The van der Waals surface area contributed by atoms with Crippen LogP contribution in [0, 0.1) is 6.92 Å². The molecule has 1 aromatic rings. The molecule has 0 saturated carbocycles. The van der Waals surface area contributed by atoms with Crippen LogP contribution < -0.4 is 5.32 Å². The molecule has 0 bridgehead atoms. The largest absolute Gasteiger partial charge is 0.478 e. The first-order valence-corrected chi connectivity index (χ1v) is 5.90. The monoisotopic (exact) mass is 250 g/mol. The summed E-state index contributed by atoms with van der Waals surface area (Å²) in [5.41, 5.74) is 1.66. The SMILES string of the molecule is Cc1cc(C(=O)O)ccc1N=C1NC(=O)CS1. The van der Waals surface area contributed by atoms with Gasteiger partial charge in [0.15, 0.2) is 5.17 Å². The Morgan fingerprint density at radius 3 is 2.82 bits per heavy atom. The van der Waals surface area contributed by atoms with E-state index in [9.17, 15) is 9.59 Å². The molecule has 17 heavy (non-hydrogen) atoms. The quantitative estimate of drug-likeness (QED) is 0.834. The van der Waals surface area contributed by atoms with Crippen molar-refractivity contribution in [1.29, 1.82) is 0 Å². The fourth-order valence-corrected chi connectivity index (χ4v) is 2.10. The molecule has 1 aromatic carbocycles. The van der Waals surface area contributed by atoms with Crippen molar-refractivity contribution >= 4 is 34.5 Å². The van der Waals surface area contributed by atoms with Gasteiger partial charge in [-0.2, -0.15) is 0 Å². The zero-order chi connectivity index (χ0) is 12.4. The van der Waals surface area contributed by atoms with Crippen LogP contribution in [0.1, 0.15) is 15.9 Å². The maximum Gasteiger partial charge on any atom is 0.335 e. The van der Waals surface area contributed by atoms with Gasteiger partial charge in [0.05, 0.1) is 17.0 Å². The third-order valence-corrected chi connectivity index (χ3v) is 3.13. The second-order valence-corrected chi connectivity index (χ2v) is 4.52. The predicted octanol–water partition coefficient (Wildman–Crippen LogP) is 1.54. The Hall–Kier alpha value is -1.82. The van der Waals surface area contributed by atoms with E-state index in [2.05, 4.69) is 10.3 Å². The molecule has 88 valence electrons. The van der Waals surface area contributed by atoms with Gasteiger partial charge in [0, 0.05) is 0 Å². The Morgan fingerprint density at radius 2 is 2.29 bits per heavy atom. The normalized spacial score (nSPS) is 17.2. The van der Waals surface area contributed by atoms with Crippen molar-refractivity contribution in [2.24, 2.45) is 4.99 Å². The smallest absolute Gasteiger partial charge is 0.335 e. The molecular formula is C11H10N2O3S. The first-order chi connectivity index (χ1) is 8.06. The molecule has 0 aromatic heterocycles. The van der Waals surface area contributed by atoms with Crippen molar-refractivity contribution in [2.45, 2.75) is 6.92 Å². The van der Waals surface area contributed by atoms with E-state index < -0.39 is 5.97 Å². The summed E-state index contributed by atoms with van der Waals surface area (Å²) in [6.45, 7) is 1.78. The number of hydrogen-bond acceptors (Lipinski definition) is 4. The van der Waals surface area contributed by atoms with Gasteiger partial charge in [0.2, 0.25) is 5.91 Å². The van der Waals surface area contributed by atoms with Crippen molar-refractivity contribution in [1.82, 2.24) is 5.32 Å².